The van der Waals surface area contributed by atoms with Gasteiger partial charge in [0.1, 0.15) is 5.75 Å². The Kier molecular flexibility index (Phi) is 6.95. The Labute approximate surface area is 146 Å². The van der Waals surface area contributed by atoms with Crippen LogP contribution in [0.25, 0.3) is 10.8 Å². The molecule has 2 aromatic rings. The highest BCUT2D eigenvalue weighted by Crippen LogP contribution is 2.26. The summed E-state index contributed by atoms with van der Waals surface area (Å²) in [6, 6.07) is 10.8. The molecule has 0 saturated carbocycles. The summed E-state index contributed by atoms with van der Waals surface area (Å²) in [7, 11) is 0. The monoisotopic (exact) mass is 342 g/mol. The molecule has 0 aliphatic carbocycles. The summed E-state index contributed by atoms with van der Waals surface area (Å²) in [6.07, 6.45) is 5.09. The zero-order valence-electron chi connectivity index (χ0n) is 13.9. The molecule has 0 heterocycles. The maximum Gasteiger partial charge on any atom is 0.303 e. The first-order valence-electron chi connectivity index (χ1n) is 8.32. The number of nitrogens with one attached hydrogen (secondary N) is 1. The lowest BCUT2D eigenvalue weighted by molar-refractivity contribution is -0.137. The number of unbranched alkanes of at least 4 members (excludes halogenated alkanes) is 3. The van der Waals surface area contributed by atoms with Gasteiger partial charge in [0.15, 0.2) is 0 Å². The first kappa shape index (κ1) is 18.4. The third kappa shape index (κ3) is 5.91. The molecule has 0 spiro atoms. The molecule has 0 aliphatic rings. The van der Waals surface area contributed by atoms with Crippen LogP contribution in [0.1, 0.15) is 44.1 Å². The number of hydrogen-bond donors (Lipinski definition) is 3. The minimum atomic E-state index is -0.783. The molecule has 0 unspecified atom stereocenters. The number of hydrazone groups is 1. The van der Waals surface area contributed by atoms with Crippen LogP contribution in [0.4, 0.5) is 0 Å². The van der Waals surface area contributed by atoms with E-state index in [2.05, 4.69) is 10.5 Å². The van der Waals surface area contributed by atoms with Gasteiger partial charge in [-0.3, -0.25) is 9.59 Å². The average Bonchev–Trinajstić information content (AvgIpc) is 2.60. The second-order valence-corrected chi connectivity index (χ2v) is 5.82. The van der Waals surface area contributed by atoms with Crippen LogP contribution in [-0.4, -0.2) is 28.3 Å². The Balaban J connectivity index is 1.78. The maximum atomic E-state index is 11.7. The SMILES string of the molecule is O=C(O)CCCCCCC(=O)N/N=C/c1ccc(O)c2ccccc12. The molecule has 25 heavy (non-hydrogen) atoms. The summed E-state index contributed by atoms with van der Waals surface area (Å²) in [6.45, 7) is 0. The number of amides is 1. The van der Waals surface area contributed by atoms with E-state index in [0.717, 1.165) is 29.2 Å². The van der Waals surface area contributed by atoms with Crippen molar-refractivity contribution in [3.8, 4) is 5.75 Å². The largest absolute Gasteiger partial charge is 0.507 e. The molecule has 0 fully saturated rings. The Morgan fingerprint density at radius 3 is 2.36 bits per heavy atom. The van der Waals surface area contributed by atoms with Crippen LogP contribution in [0.5, 0.6) is 5.75 Å². The number of carboxylic acid groups (broad SMARTS) is 1. The van der Waals surface area contributed by atoms with Gasteiger partial charge in [0.2, 0.25) is 5.91 Å². The van der Waals surface area contributed by atoms with Crippen LogP contribution >= 0.6 is 0 Å². The van der Waals surface area contributed by atoms with Crippen molar-refractivity contribution in [2.45, 2.75) is 38.5 Å². The second-order valence-electron chi connectivity index (χ2n) is 5.82. The fraction of sp³-hybridized carbons (Fsp3) is 0.316. The standard InChI is InChI=1S/C19H22N2O4/c22-17-12-11-14(15-7-5-6-8-16(15)17)13-20-21-18(23)9-3-1-2-4-10-19(24)25/h5-8,11-13,22H,1-4,9-10H2,(H,21,23)(H,24,25)/b20-13+. The van der Waals surface area contributed by atoms with Crippen LogP contribution in [0, 0.1) is 0 Å². The molecule has 0 atom stereocenters. The van der Waals surface area contributed by atoms with Crippen molar-refractivity contribution >= 4 is 28.9 Å². The third-order valence-electron chi connectivity index (χ3n) is 3.87. The number of benzene rings is 2. The van der Waals surface area contributed by atoms with Gasteiger partial charge in [-0.25, -0.2) is 5.43 Å². The van der Waals surface area contributed by atoms with E-state index < -0.39 is 5.97 Å². The van der Waals surface area contributed by atoms with Gasteiger partial charge >= 0.3 is 5.97 Å². The van der Waals surface area contributed by atoms with E-state index >= 15 is 0 Å². The molecule has 132 valence electrons. The van der Waals surface area contributed by atoms with Crippen LogP contribution in [-0.2, 0) is 9.59 Å². The summed E-state index contributed by atoms with van der Waals surface area (Å²) < 4.78 is 0. The minimum Gasteiger partial charge on any atom is -0.507 e. The van der Waals surface area contributed by atoms with E-state index in [9.17, 15) is 14.7 Å². The van der Waals surface area contributed by atoms with Gasteiger partial charge < -0.3 is 10.2 Å². The second kappa shape index (κ2) is 9.42. The number of aromatic hydroxyl groups is 1. The van der Waals surface area contributed by atoms with Crippen molar-refractivity contribution in [1.29, 1.82) is 0 Å². The van der Waals surface area contributed by atoms with Gasteiger partial charge in [-0.1, -0.05) is 37.1 Å². The highest BCUT2D eigenvalue weighted by molar-refractivity contribution is 6.02. The van der Waals surface area contributed by atoms with Crippen LogP contribution < -0.4 is 5.43 Å². The number of phenols is 1. The number of hydrogen-bond acceptors (Lipinski definition) is 4. The Bertz CT molecular complexity index is 771. The third-order valence-corrected chi connectivity index (χ3v) is 3.87. The van der Waals surface area contributed by atoms with Crippen molar-refractivity contribution in [3.05, 3.63) is 42.0 Å². The van der Waals surface area contributed by atoms with Crippen molar-refractivity contribution in [1.82, 2.24) is 5.43 Å². The molecule has 0 bridgehead atoms. The molecule has 0 saturated heterocycles. The number of carboxylic acids is 1. The van der Waals surface area contributed by atoms with Crippen LogP contribution in [0.3, 0.4) is 0 Å². The molecule has 3 N–H and O–H groups in total. The molecule has 0 aliphatic heterocycles. The van der Waals surface area contributed by atoms with Gasteiger partial charge in [-0.15, -0.1) is 0 Å². The topological polar surface area (TPSA) is 99.0 Å². The lowest BCUT2D eigenvalue weighted by Gasteiger charge is -2.04. The molecule has 0 radical (unpaired) electrons. The molecule has 0 aromatic heterocycles. The number of aliphatic carboxylic acids is 1. The smallest absolute Gasteiger partial charge is 0.303 e. The van der Waals surface area contributed by atoms with Gasteiger partial charge in [0, 0.05) is 23.8 Å². The average molecular weight is 342 g/mol. The van der Waals surface area contributed by atoms with Crippen molar-refractivity contribution < 1.29 is 19.8 Å². The zero-order chi connectivity index (χ0) is 18.1. The Hall–Kier alpha value is -2.89. The summed E-state index contributed by atoms with van der Waals surface area (Å²) >= 11 is 0. The fourth-order valence-electron chi connectivity index (χ4n) is 2.56. The number of rotatable bonds is 9. The summed E-state index contributed by atoms with van der Waals surface area (Å²) in [5, 5.41) is 24.0. The summed E-state index contributed by atoms with van der Waals surface area (Å²) in [5.74, 6) is -0.744. The number of phenolic OH excluding ortho intramolecular Hbond substituents is 1. The predicted octanol–water partition coefficient (Wildman–Crippen LogP) is 3.42. The predicted molar refractivity (Wildman–Crippen MR) is 96.7 cm³/mol. The van der Waals surface area contributed by atoms with E-state index in [4.69, 9.17) is 5.11 Å². The molecule has 6 heteroatoms. The van der Waals surface area contributed by atoms with E-state index in [1.807, 2.05) is 24.3 Å². The van der Waals surface area contributed by atoms with Crippen LogP contribution in [0.2, 0.25) is 0 Å². The van der Waals surface area contributed by atoms with Gasteiger partial charge in [-0.05, 0) is 30.4 Å². The molecule has 2 aromatic carbocycles. The van der Waals surface area contributed by atoms with Crippen molar-refractivity contribution in [2.75, 3.05) is 0 Å². The lowest BCUT2D eigenvalue weighted by Crippen LogP contribution is -2.16. The molecular weight excluding hydrogens is 320 g/mol. The highest BCUT2D eigenvalue weighted by atomic mass is 16.4. The minimum absolute atomic E-state index is 0.169. The highest BCUT2D eigenvalue weighted by Gasteiger charge is 2.04. The van der Waals surface area contributed by atoms with Gasteiger partial charge in [0.05, 0.1) is 6.21 Å². The quantitative estimate of drug-likeness (QED) is 0.369. The van der Waals surface area contributed by atoms with E-state index in [1.165, 1.54) is 0 Å². The summed E-state index contributed by atoms with van der Waals surface area (Å²) in [5.41, 5.74) is 3.30. The fourth-order valence-corrected chi connectivity index (χ4v) is 2.56. The Morgan fingerprint density at radius 1 is 0.960 bits per heavy atom. The zero-order valence-corrected chi connectivity index (χ0v) is 13.9. The first-order valence-corrected chi connectivity index (χ1v) is 8.32. The summed E-state index contributed by atoms with van der Waals surface area (Å²) in [4.78, 5) is 22.1. The number of fused-ring (bicyclic) bond motifs is 1. The van der Waals surface area contributed by atoms with Gasteiger partial charge in [0.25, 0.3) is 0 Å². The molecular formula is C19H22N2O4. The van der Waals surface area contributed by atoms with E-state index in [1.54, 1.807) is 18.3 Å². The lowest BCUT2D eigenvalue weighted by atomic mass is 10.0. The van der Waals surface area contributed by atoms with Crippen molar-refractivity contribution in [2.24, 2.45) is 5.10 Å². The molecule has 2 rings (SSSR count). The molecule has 6 nitrogen and oxygen atoms in total. The maximum absolute atomic E-state index is 11.7. The normalized spacial score (nSPS) is 11.0. The molecule has 1 amide bonds. The number of nitrogens with zero attached hydrogens (tertiary/aromatic N) is 1. The van der Waals surface area contributed by atoms with Crippen molar-refractivity contribution in [3.63, 3.8) is 0 Å². The van der Waals surface area contributed by atoms with Crippen LogP contribution in [0.15, 0.2) is 41.5 Å². The Morgan fingerprint density at radius 2 is 1.64 bits per heavy atom. The number of carbonyl (C=O) groups is 2. The first-order chi connectivity index (χ1) is 12.1. The van der Waals surface area contributed by atoms with Gasteiger partial charge in [-0.2, -0.15) is 5.10 Å². The van der Waals surface area contributed by atoms with E-state index in [-0.39, 0.29) is 18.1 Å². The van der Waals surface area contributed by atoms with E-state index in [0.29, 0.717) is 19.3 Å². The number of carbonyl (C=O) groups excluding carboxylic acids is 1.